The lowest BCUT2D eigenvalue weighted by atomic mass is 10.1. The largest absolute Gasteiger partial charge is 0.363 e. The van der Waals surface area contributed by atoms with Gasteiger partial charge in [-0.05, 0) is 43.5 Å². The molecule has 4 heteroatoms. The van der Waals surface area contributed by atoms with Gasteiger partial charge >= 0.3 is 0 Å². The van der Waals surface area contributed by atoms with Crippen molar-refractivity contribution >= 4 is 18.1 Å². The molecule has 2 aliphatic heterocycles. The third kappa shape index (κ3) is 1.91. The Morgan fingerprint density at radius 3 is 2.88 bits per heavy atom. The molecule has 17 heavy (non-hydrogen) atoms. The lowest BCUT2D eigenvalue weighted by molar-refractivity contribution is 0.429. The van der Waals surface area contributed by atoms with E-state index in [-0.39, 0.29) is 18.2 Å². The summed E-state index contributed by atoms with van der Waals surface area (Å²) < 4.78 is 13.4. The fourth-order valence-corrected chi connectivity index (χ4v) is 3.17. The fraction of sp³-hybridized carbons (Fsp3) is 0.538. The van der Waals surface area contributed by atoms with Crippen molar-refractivity contribution in [2.24, 2.45) is 0 Å². The first-order valence-electron chi connectivity index (χ1n) is 5.95. The molecule has 0 radical (unpaired) electrons. The van der Waals surface area contributed by atoms with Crippen molar-refractivity contribution in [3.05, 3.63) is 29.1 Å². The molecule has 0 spiro atoms. The summed E-state index contributed by atoms with van der Waals surface area (Å²) in [6, 6.07) is 4.37. The summed E-state index contributed by atoms with van der Waals surface area (Å²) in [7, 11) is 0. The highest BCUT2D eigenvalue weighted by Gasteiger charge is 2.36. The van der Waals surface area contributed by atoms with Gasteiger partial charge in [0, 0.05) is 30.9 Å². The van der Waals surface area contributed by atoms with E-state index in [9.17, 15) is 4.39 Å². The molecule has 1 aromatic carbocycles. The number of aryl methyl sites for hydroxylation is 1. The van der Waals surface area contributed by atoms with Crippen LogP contribution in [0.5, 0.6) is 0 Å². The first kappa shape index (κ1) is 12.7. The van der Waals surface area contributed by atoms with Gasteiger partial charge < -0.3 is 10.2 Å². The molecule has 1 N–H and O–H groups in total. The van der Waals surface area contributed by atoms with Gasteiger partial charge in [-0.1, -0.05) is 0 Å². The Balaban J connectivity index is 0.00000108. The molecule has 2 heterocycles. The number of fused-ring (bicyclic) bond motifs is 3. The van der Waals surface area contributed by atoms with Crippen molar-refractivity contribution in [1.29, 1.82) is 0 Å². The molecule has 0 amide bonds. The van der Waals surface area contributed by atoms with Crippen molar-refractivity contribution in [3.8, 4) is 0 Å². The molecular weight excluding hydrogens is 239 g/mol. The van der Waals surface area contributed by atoms with Gasteiger partial charge in [0.1, 0.15) is 5.82 Å². The van der Waals surface area contributed by atoms with Crippen LogP contribution < -0.4 is 10.2 Å². The quantitative estimate of drug-likeness (QED) is 0.766. The van der Waals surface area contributed by atoms with Crippen LogP contribution in [0.15, 0.2) is 12.1 Å². The van der Waals surface area contributed by atoms with Gasteiger partial charge in [-0.15, -0.1) is 12.4 Å². The highest BCUT2D eigenvalue weighted by atomic mass is 35.5. The summed E-state index contributed by atoms with van der Waals surface area (Å²) in [5.41, 5.74) is 3.53. The first-order chi connectivity index (χ1) is 7.66. The van der Waals surface area contributed by atoms with E-state index in [0.717, 1.165) is 25.1 Å². The van der Waals surface area contributed by atoms with E-state index < -0.39 is 0 Å². The second kappa shape index (κ2) is 4.46. The van der Waals surface area contributed by atoms with E-state index >= 15 is 0 Å². The maximum atomic E-state index is 13.4. The van der Waals surface area contributed by atoms with E-state index in [1.54, 1.807) is 12.1 Å². The molecule has 1 aromatic rings. The number of hydrogen-bond donors (Lipinski definition) is 1. The minimum absolute atomic E-state index is 0. The number of anilines is 1. The average molecular weight is 257 g/mol. The third-order valence-electron chi connectivity index (χ3n) is 3.75. The minimum atomic E-state index is -0.100. The lowest BCUT2D eigenvalue weighted by Gasteiger charge is -2.39. The molecule has 0 saturated carbocycles. The van der Waals surface area contributed by atoms with Gasteiger partial charge in [0.25, 0.3) is 0 Å². The number of rotatable bonds is 0. The lowest BCUT2D eigenvalue weighted by Crippen LogP contribution is -2.55. The number of nitrogens with zero attached hydrogens (tertiary/aromatic N) is 1. The normalized spacial score (nSPS) is 26.2. The summed E-state index contributed by atoms with van der Waals surface area (Å²) >= 11 is 0. The van der Waals surface area contributed by atoms with Gasteiger partial charge in [0.15, 0.2) is 0 Å². The predicted octanol–water partition coefficient (Wildman–Crippen LogP) is 2.28. The zero-order valence-corrected chi connectivity index (χ0v) is 11.0. The van der Waals surface area contributed by atoms with E-state index in [1.807, 2.05) is 6.92 Å². The number of nitrogens with one attached hydrogen (secondary N) is 1. The molecule has 1 fully saturated rings. The maximum absolute atomic E-state index is 13.4. The summed E-state index contributed by atoms with van der Waals surface area (Å²) in [5.74, 6) is -0.100. The Morgan fingerprint density at radius 1 is 1.35 bits per heavy atom. The molecule has 94 valence electrons. The summed E-state index contributed by atoms with van der Waals surface area (Å²) in [5, 5.41) is 3.44. The van der Waals surface area contributed by atoms with Crippen LogP contribution in [0.25, 0.3) is 0 Å². The summed E-state index contributed by atoms with van der Waals surface area (Å²) in [6.45, 7) is 6.28. The Morgan fingerprint density at radius 2 is 2.12 bits per heavy atom. The molecule has 0 bridgehead atoms. The molecule has 0 aliphatic carbocycles. The zero-order valence-electron chi connectivity index (χ0n) is 10.2. The smallest absolute Gasteiger partial charge is 0.123 e. The highest BCUT2D eigenvalue weighted by Crippen LogP contribution is 2.38. The molecule has 1 unspecified atom stereocenters. The van der Waals surface area contributed by atoms with Crippen molar-refractivity contribution in [2.75, 3.05) is 18.0 Å². The van der Waals surface area contributed by atoms with Gasteiger partial charge in [-0.3, -0.25) is 0 Å². The second-order valence-corrected chi connectivity index (χ2v) is 5.00. The van der Waals surface area contributed by atoms with Crippen LogP contribution in [-0.4, -0.2) is 25.2 Å². The van der Waals surface area contributed by atoms with E-state index in [1.165, 1.54) is 11.3 Å². The van der Waals surface area contributed by atoms with E-state index in [0.29, 0.717) is 12.1 Å². The van der Waals surface area contributed by atoms with Gasteiger partial charge in [-0.25, -0.2) is 4.39 Å². The molecule has 1 saturated heterocycles. The Hall–Kier alpha value is -0.800. The number of halogens is 2. The minimum Gasteiger partial charge on any atom is -0.363 e. The van der Waals surface area contributed by atoms with Crippen LogP contribution in [0, 0.1) is 12.7 Å². The van der Waals surface area contributed by atoms with Gasteiger partial charge in [0.2, 0.25) is 0 Å². The standard InChI is InChI=1S/C13H17FN2.ClH/c1-8-3-11(14)4-10-5-12-7-15-6-9(2)16(12)13(8)10;/h3-4,9,12,15H,5-7H2,1-2H3;1H/t9?,12-;/m0./s1. The van der Waals surface area contributed by atoms with Crippen LogP contribution in [0.3, 0.4) is 0 Å². The van der Waals surface area contributed by atoms with Crippen molar-refractivity contribution < 1.29 is 4.39 Å². The molecular formula is C13H18ClFN2. The van der Waals surface area contributed by atoms with Gasteiger partial charge in [0.05, 0.1) is 0 Å². The van der Waals surface area contributed by atoms with Crippen LogP contribution in [0.1, 0.15) is 18.1 Å². The van der Waals surface area contributed by atoms with Crippen LogP contribution in [0.4, 0.5) is 10.1 Å². The first-order valence-corrected chi connectivity index (χ1v) is 5.95. The Kier molecular flexibility index (Phi) is 3.32. The Bertz CT molecular complexity index is 436. The highest BCUT2D eigenvalue weighted by molar-refractivity contribution is 5.85. The third-order valence-corrected chi connectivity index (χ3v) is 3.75. The second-order valence-electron chi connectivity index (χ2n) is 5.00. The number of hydrogen-bond acceptors (Lipinski definition) is 2. The monoisotopic (exact) mass is 256 g/mol. The summed E-state index contributed by atoms with van der Waals surface area (Å²) in [6.07, 6.45) is 0.977. The van der Waals surface area contributed by atoms with Crippen molar-refractivity contribution in [2.45, 2.75) is 32.4 Å². The molecule has 2 atom stereocenters. The average Bonchev–Trinajstić information content (AvgIpc) is 2.56. The van der Waals surface area contributed by atoms with E-state index in [2.05, 4.69) is 17.1 Å². The topological polar surface area (TPSA) is 15.3 Å². The molecule has 0 aromatic heterocycles. The van der Waals surface area contributed by atoms with Crippen molar-refractivity contribution in [1.82, 2.24) is 5.32 Å². The number of benzene rings is 1. The predicted molar refractivity (Wildman–Crippen MR) is 70.7 cm³/mol. The molecule has 3 rings (SSSR count). The summed E-state index contributed by atoms with van der Waals surface area (Å²) in [4.78, 5) is 2.47. The van der Waals surface area contributed by atoms with Crippen LogP contribution in [0.2, 0.25) is 0 Å². The maximum Gasteiger partial charge on any atom is 0.123 e. The van der Waals surface area contributed by atoms with Crippen molar-refractivity contribution in [3.63, 3.8) is 0 Å². The Labute approximate surface area is 108 Å². The van der Waals surface area contributed by atoms with E-state index in [4.69, 9.17) is 0 Å². The number of piperazine rings is 1. The fourth-order valence-electron chi connectivity index (χ4n) is 3.17. The molecule has 2 aliphatic rings. The van der Waals surface area contributed by atoms with Crippen LogP contribution >= 0.6 is 12.4 Å². The molecule has 2 nitrogen and oxygen atoms in total. The van der Waals surface area contributed by atoms with Gasteiger partial charge in [-0.2, -0.15) is 0 Å². The van der Waals surface area contributed by atoms with Crippen LogP contribution in [-0.2, 0) is 6.42 Å². The SMILES string of the molecule is Cc1cc(F)cc2c1N1C(C)CNC[C@@H]1C2.Cl. The zero-order chi connectivity index (χ0) is 11.3.